The van der Waals surface area contributed by atoms with Gasteiger partial charge in [-0.25, -0.2) is 15.0 Å². The Labute approximate surface area is 367 Å². The van der Waals surface area contributed by atoms with Crippen LogP contribution < -0.4 is 0 Å². The van der Waals surface area contributed by atoms with E-state index in [1.54, 1.807) is 0 Å². The molecule has 3 aromatic heterocycles. The summed E-state index contributed by atoms with van der Waals surface area (Å²) in [4.78, 5) is 15.7. The van der Waals surface area contributed by atoms with Crippen LogP contribution in [0.25, 0.3) is 133 Å². The zero-order valence-electron chi connectivity index (χ0n) is 34.4. The first-order valence-corrected chi connectivity index (χ1v) is 21.5. The van der Waals surface area contributed by atoms with Gasteiger partial charge in [-0.3, -0.25) is 0 Å². The van der Waals surface area contributed by atoms with Gasteiger partial charge in [0.05, 0.1) is 0 Å². The fraction of sp³-hybridized carbons (Fsp3) is 0. The van der Waals surface area contributed by atoms with Crippen LogP contribution in [0.15, 0.2) is 221 Å². The second-order valence-corrected chi connectivity index (χ2v) is 16.3. The number of hydrogen-bond donors (Lipinski definition) is 0. The van der Waals surface area contributed by atoms with Crippen LogP contribution in [0.5, 0.6) is 0 Å². The SMILES string of the molecule is c1ccc(-c2ccc(-c3ccc4oc5cccc(-c6ccc(-c7nc(-c8ccc9ccccc9c8)nc(-c8ccc9oc%10ccccc%10c9c8)n7)c7ccccc67)c5c4c3)cc2)cc1. The molecular formula is C59H35N3O2. The number of fused-ring (bicyclic) bond motifs is 8. The molecule has 5 nitrogen and oxygen atoms in total. The van der Waals surface area contributed by atoms with Crippen molar-refractivity contribution >= 4 is 65.4 Å². The van der Waals surface area contributed by atoms with Crippen molar-refractivity contribution in [2.24, 2.45) is 0 Å². The summed E-state index contributed by atoms with van der Waals surface area (Å²) in [7, 11) is 0. The third kappa shape index (κ3) is 5.98. The van der Waals surface area contributed by atoms with Crippen molar-refractivity contribution in [3.8, 4) is 67.5 Å². The Bertz CT molecular complexity index is 3960. The third-order valence-electron chi connectivity index (χ3n) is 12.6. The Morgan fingerprint density at radius 1 is 0.250 bits per heavy atom. The molecule has 0 N–H and O–H groups in total. The normalized spacial score (nSPS) is 11.8. The molecule has 3 heterocycles. The highest BCUT2D eigenvalue weighted by Gasteiger charge is 2.20. The molecule has 0 bridgehead atoms. The molecule has 298 valence electrons. The maximum absolute atomic E-state index is 6.54. The van der Waals surface area contributed by atoms with Crippen molar-refractivity contribution in [1.29, 1.82) is 0 Å². The number of nitrogens with zero attached hydrogens (tertiary/aromatic N) is 3. The summed E-state index contributed by atoms with van der Waals surface area (Å²) in [5.41, 5.74) is 13.0. The molecule has 0 amide bonds. The van der Waals surface area contributed by atoms with Gasteiger partial charge in [0.25, 0.3) is 0 Å². The van der Waals surface area contributed by atoms with E-state index < -0.39 is 0 Å². The molecule has 0 unspecified atom stereocenters. The number of para-hydroxylation sites is 1. The summed E-state index contributed by atoms with van der Waals surface area (Å²) in [6.45, 7) is 0. The molecule has 10 aromatic carbocycles. The van der Waals surface area contributed by atoms with E-state index in [0.717, 1.165) is 104 Å². The van der Waals surface area contributed by atoms with E-state index in [-0.39, 0.29) is 0 Å². The van der Waals surface area contributed by atoms with Gasteiger partial charge in [0, 0.05) is 38.2 Å². The van der Waals surface area contributed by atoms with Gasteiger partial charge >= 0.3 is 0 Å². The maximum Gasteiger partial charge on any atom is 0.164 e. The number of rotatable bonds is 6. The molecule has 0 aliphatic rings. The second-order valence-electron chi connectivity index (χ2n) is 16.3. The predicted molar refractivity (Wildman–Crippen MR) is 262 cm³/mol. The highest BCUT2D eigenvalue weighted by Crippen LogP contribution is 2.43. The zero-order valence-corrected chi connectivity index (χ0v) is 34.4. The van der Waals surface area contributed by atoms with E-state index in [4.69, 9.17) is 23.8 Å². The molecule has 0 atom stereocenters. The van der Waals surface area contributed by atoms with Crippen LogP contribution in [0.3, 0.4) is 0 Å². The van der Waals surface area contributed by atoms with E-state index in [2.05, 4.69) is 176 Å². The Kier molecular flexibility index (Phi) is 8.15. The van der Waals surface area contributed by atoms with E-state index in [9.17, 15) is 0 Å². The van der Waals surface area contributed by atoms with Crippen molar-refractivity contribution in [3.63, 3.8) is 0 Å². The number of aromatic nitrogens is 3. The largest absolute Gasteiger partial charge is 0.456 e. The highest BCUT2D eigenvalue weighted by molar-refractivity contribution is 6.17. The molecule has 0 radical (unpaired) electrons. The van der Waals surface area contributed by atoms with Crippen LogP contribution in [-0.4, -0.2) is 15.0 Å². The molecular weight excluding hydrogens is 783 g/mol. The number of benzene rings is 10. The molecule has 5 heteroatoms. The van der Waals surface area contributed by atoms with Gasteiger partial charge in [0.1, 0.15) is 22.3 Å². The smallest absolute Gasteiger partial charge is 0.164 e. The summed E-state index contributed by atoms with van der Waals surface area (Å²) >= 11 is 0. The van der Waals surface area contributed by atoms with Crippen molar-refractivity contribution in [2.45, 2.75) is 0 Å². The maximum atomic E-state index is 6.54. The lowest BCUT2D eigenvalue weighted by Crippen LogP contribution is -2.01. The summed E-state index contributed by atoms with van der Waals surface area (Å²) < 4.78 is 12.7. The van der Waals surface area contributed by atoms with Crippen LogP contribution in [0, 0.1) is 0 Å². The molecule has 0 aliphatic heterocycles. The van der Waals surface area contributed by atoms with E-state index in [1.165, 1.54) is 11.1 Å². The standard InChI is InChI=1S/C59H35N3O2/c1-2-11-36(12-3-1)38-21-23-39(24-22-38)41-27-31-54-51(34-41)56-48(18-10-20-55(56)64-54)46-29-30-49(45-16-7-6-15-44(45)46)59-61-57(42-26-25-37-13-4-5-14-40(37)33-42)60-58(62-59)43-28-32-53-50(35-43)47-17-8-9-19-52(47)63-53/h1-35H. The molecule has 13 aromatic rings. The van der Waals surface area contributed by atoms with Gasteiger partial charge in [0.15, 0.2) is 17.5 Å². The second kappa shape index (κ2) is 14.5. The summed E-state index contributed by atoms with van der Waals surface area (Å²) in [6.07, 6.45) is 0. The number of hydrogen-bond acceptors (Lipinski definition) is 5. The molecule has 0 spiro atoms. The molecule has 13 rings (SSSR count). The van der Waals surface area contributed by atoms with Gasteiger partial charge in [-0.05, 0) is 110 Å². The van der Waals surface area contributed by atoms with Crippen molar-refractivity contribution < 1.29 is 8.83 Å². The summed E-state index contributed by atoms with van der Waals surface area (Å²) in [5, 5.41) is 8.66. The lowest BCUT2D eigenvalue weighted by atomic mass is 9.91. The number of furan rings is 2. The molecule has 64 heavy (non-hydrogen) atoms. The average molecular weight is 818 g/mol. The van der Waals surface area contributed by atoms with Crippen LogP contribution >= 0.6 is 0 Å². The van der Waals surface area contributed by atoms with Crippen LogP contribution in [0.2, 0.25) is 0 Å². The first-order valence-electron chi connectivity index (χ1n) is 21.5. The van der Waals surface area contributed by atoms with Gasteiger partial charge in [-0.1, -0.05) is 158 Å². The average Bonchev–Trinajstić information content (AvgIpc) is 3.94. The quantitative estimate of drug-likeness (QED) is 0.167. The first kappa shape index (κ1) is 36.0. The van der Waals surface area contributed by atoms with Crippen molar-refractivity contribution in [1.82, 2.24) is 15.0 Å². The van der Waals surface area contributed by atoms with E-state index in [1.807, 2.05) is 36.4 Å². The van der Waals surface area contributed by atoms with Gasteiger partial charge in [-0.2, -0.15) is 0 Å². The van der Waals surface area contributed by atoms with Gasteiger partial charge in [0.2, 0.25) is 0 Å². The lowest BCUT2D eigenvalue weighted by molar-refractivity contribution is 0.668. The van der Waals surface area contributed by atoms with E-state index >= 15 is 0 Å². The minimum absolute atomic E-state index is 0.591. The fourth-order valence-electron chi connectivity index (χ4n) is 9.39. The highest BCUT2D eigenvalue weighted by atomic mass is 16.3. The van der Waals surface area contributed by atoms with Crippen molar-refractivity contribution in [2.75, 3.05) is 0 Å². The van der Waals surface area contributed by atoms with Crippen LogP contribution in [-0.2, 0) is 0 Å². The van der Waals surface area contributed by atoms with Gasteiger partial charge in [-0.15, -0.1) is 0 Å². The third-order valence-corrected chi connectivity index (χ3v) is 12.6. The molecule has 0 fully saturated rings. The van der Waals surface area contributed by atoms with Gasteiger partial charge < -0.3 is 8.83 Å². The zero-order chi connectivity index (χ0) is 42.1. The Hall–Kier alpha value is -8.67. The van der Waals surface area contributed by atoms with Crippen LogP contribution in [0.1, 0.15) is 0 Å². The minimum Gasteiger partial charge on any atom is -0.456 e. The molecule has 0 saturated carbocycles. The Morgan fingerprint density at radius 3 is 1.58 bits per heavy atom. The monoisotopic (exact) mass is 817 g/mol. The van der Waals surface area contributed by atoms with Crippen molar-refractivity contribution in [3.05, 3.63) is 212 Å². The Morgan fingerprint density at radius 2 is 0.766 bits per heavy atom. The lowest BCUT2D eigenvalue weighted by Gasteiger charge is -2.14. The topological polar surface area (TPSA) is 65.0 Å². The summed E-state index contributed by atoms with van der Waals surface area (Å²) in [5.74, 6) is 1.80. The van der Waals surface area contributed by atoms with Crippen LogP contribution in [0.4, 0.5) is 0 Å². The molecule has 0 aliphatic carbocycles. The van der Waals surface area contributed by atoms with E-state index in [0.29, 0.717) is 17.5 Å². The Balaban J connectivity index is 0.968. The minimum atomic E-state index is 0.591. The molecule has 0 saturated heterocycles. The first-order chi connectivity index (χ1) is 31.7. The summed E-state index contributed by atoms with van der Waals surface area (Å²) in [6, 6.07) is 74.1. The predicted octanol–water partition coefficient (Wildman–Crippen LogP) is 16.0. The fourth-order valence-corrected chi connectivity index (χ4v) is 9.39.